The van der Waals surface area contributed by atoms with Gasteiger partial charge in [-0.1, -0.05) is 0 Å². The number of aryl methyl sites for hydroxylation is 1. The quantitative estimate of drug-likeness (QED) is 0.741. The van der Waals surface area contributed by atoms with Crippen molar-refractivity contribution in [3.8, 4) is 0 Å². The van der Waals surface area contributed by atoms with Crippen LogP contribution in [-0.4, -0.2) is 15.0 Å². The van der Waals surface area contributed by atoms with Crippen LogP contribution in [0.4, 0.5) is 19.0 Å². The number of aromatic nitrogens is 3. The van der Waals surface area contributed by atoms with Gasteiger partial charge in [-0.05, 0) is 30.2 Å². The number of anilines is 1. The molecule has 0 aromatic carbocycles. The largest absolute Gasteiger partial charge is 0.433 e. The Bertz CT molecular complexity index is 597. The molecule has 0 saturated carbocycles. The van der Waals surface area contributed by atoms with Crippen LogP contribution in [0.1, 0.15) is 11.3 Å². The van der Waals surface area contributed by atoms with Gasteiger partial charge in [-0.25, -0.2) is 9.97 Å². The molecule has 17 heavy (non-hydrogen) atoms. The number of nitrogens with two attached hydrogens (primary N) is 1. The van der Waals surface area contributed by atoms with E-state index in [1.165, 1.54) is 6.92 Å². The van der Waals surface area contributed by atoms with Gasteiger partial charge in [0.2, 0.25) is 5.28 Å². The van der Waals surface area contributed by atoms with Gasteiger partial charge in [0.05, 0.1) is 5.52 Å². The van der Waals surface area contributed by atoms with Gasteiger partial charge in [-0.2, -0.15) is 18.2 Å². The van der Waals surface area contributed by atoms with Crippen molar-refractivity contribution in [2.75, 3.05) is 5.73 Å². The highest BCUT2D eigenvalue weighted by Gasteiger charge is 2.33. The van der Waals surface area contributed by atoms with Gasteiger partial charge >= 0.3 is 6.18 Å². The molecule has 2 heterocycles. The van der Waals surface area contributed by atoms with Crippen LogP contribution < -0.4 is 5.73 Å². The van der Waals surface area contributed by atoms with E-state index in [4.69, 9.17) is 17.3 Å². The molecule has 2 aromatic rings. The monoisotopic (exact) mass is 262 g/mol. The van der Waals surface area contributed by atoms with Crippen molar-refractivity contribution in [3.05, 3.63) is 22.6 Å². The number of rotatable bonds is 0. The summed E-state index contributed by atoms with van der Waals surface area (Å²) in [6.45, 7) is 1.47. The first-order valence-electron chi connectivity index (χ1n) is 4.46. The number of fused-ring (bicyclic) bond motifs is 1. The lowest BCUT2D eigenvalue weighted by atomic mass is 10.2. The van der Waals surface area contributed by atoms with Crippen molar-refractivity contribution in [3.63, 3.8) is 0 Å². The summed E-state index contributed by atoms with van der Waals surface area (Å²) in [5, 5.41) is -0.125. The maximum atomic E-state index is 12.5. The molecule has 0 saturated heterocycles. The Hall–Kier alpha value is -1.63. The van der Waals surface area contributed by atoms with Crippen LogP contribution in [0.15, 0.2) is 6.07 Å². The third kappa shape index (κ3) is 2.10. The van der Waals surface area contributed by atoms with E-state index in [1.807, 2.05) is 0 Å². The first kappa shape index (κ1) is 11.8. The van der Waals surface area contributed by atoms with Crippen molar-refractivity contribution in [1.82, 2.24) is 15.0 Å². The molecule has 0 radical (unpaired) electrons. The highest BCUT2D eigenvalue weighted by atomic mass is 35.5. The minimum absolute atomic E-state index is 0.0956. The third-order valence-electron chi connectivity index (χ3n) is 2.13. The molecule has 0 atom stereocenters. The summed E-state index contributed by atoms with van der Waals surface area (Å²) in [7, 11) is 0. The third-order valence-corrected chi connectivity index (χ3v) is 2.30. The van der Waals surface area contributed by atoms with E-state index in [-0.39, 0.29) is 22.1 Å². The molecule has 0 aliphatic heterocycles. The smallest absolute Gasteiger partial charge is 0.382 e. The Labute approximate surface area is 98.6 Å². The zero-order chi connectivity index (χ0) is 12.8. The predicted octanol–water partition coefficient (Wildman–Crippen LogP) is 2.59. The van der Waals surface area contributed by atoms with Crippen LogP contribution >= 0.6 is 11.6 Å². The molecule has 0 unspecified atom stereocenters. The predicted molar refractivity (Wildman–Crippen MR) is 56.5 cm³/mol. The van der Waals surface area contributed by atoms with E-state index in [2.05, 4.69) is 15.0 Å². The zero-order valence-corrected chi connectivity index (χ0v) is 9.26. The minimum atomic E-state index is -4.54. The van der Waals surface area contributed by atoms with Crippen LogP contribution in [0.25, 0.3) is 11.0 Å². The Morgan fingerprint density at radius 1 is 1.18 bits per heavy atom. The van der Waals surface area contributed by atoms with E-state index in [1.54, 1.807) is 0 Å². The summed E-state index contributed by atoms with van der Waals surface area (Å²) in [6, 6.07) is 0.894. The number of nitrogen functional groups attached to an aromatic ring is 1. The standard InChI is InChI=1S/C9H6ClF3N4/c1-3-2-4(9(11,12)13)15-6-5(3)16-8(10)17-7(6)14/h2H,1H3,(H2,14,16,17). The summed E-state index contributed by atoms with van der Waals surface area (Å²) in [5.41, 5.74) is 4.86. The van der Waals surface area contributed by atoms with Crippen LogP contribution in [0.2, 0.25) is 5.28 Å². The molecule has 90 valence electrons. The van der Waals surface area contributed by atoms with Gasteiger partial charge in [0.25, 0.3) is 0 Å². The highest BCUT2D eigenvalue weighted by molar-refractivity contribution is 6.28. The average Bonchev–Trinajstić information content (AvgIpc) is 2.17. The SMILES string of the molecule is Cc1cc(C(F)(F)F)nc2c(N)nc(Cl)nc12. The van der Waals surface area contributed by atoms with E-state index >= 15 is 0 Å². The molecule has 2 aromatic heterocycles. The normalized spacial score (nSPS) is 12.1. The number of nitrogens with zero attached hydrogens (tertiary/aromatic N) is 3. The summed E-state index contributed by atoms with van der Waals surface area (Å²) in [5.74, 6) is -0.172. The molecule has 0 fully saturated rings. The highest BCUT2D eigenvalue weighted by Crippen LogP contribution is 2.31. The van der Waals surface area contributed by atoms with E-state index < -0.39 is 11.9 Å². The van der Waals surface area contributed by atoms with Gasteiger partial charge in [0, 0.05) is 0 Å². The molecule has 0 aliphatic rings. The van der Waals surface area contributed by atoms with Gasteiger partial charge in [0.1, 0.15) is 11.2 Å². The maximum Gasteiger partial charge on any atom is 0.433 e. The van der Waals surface area contributed by atoms with Gasteiger partial charge in [0.15, 0.2) is 5.82 Å². The molecule has 0 bridgehead atoms. The average molecular weight is 263 g/mol. The topological polar surface area (TPSA) is 64.7 Å². The lowest BCUT2D eigenvalue weighted by Crippen LogP contribution is -2.10. The Balaban J connectivity index is 2.83. The molecule has 0 spiro atoms. The fourth-order valence-electron chi connectivity index (χ4n) is 1.40. The second-order valence-corrected chi connectivity index (χ2v) is 3.74. The Morgan fingerprint density at radius 3 is 2.41 bits per heavy atom. The van der Waals surface area contributed by atoms with Crippen LogP contribution in [0.3, 0.4) is 0 Å². The van der Waals surface area contributed by atoms with Crippen molar-refractivity contribution < 1.29 is 13.2 Å². The number of hydrogen-bond acceptors (Lipinski definition) is 4. The molecule has 8 heteroatoms. The number of pyridine rings is 1. The summed E-state index contributed by atoms with van der Waals surface area (Å²) >= 11 is 5.57. The Morgan fingerprint density at radius 2 is 1.82 bits per heavy atom. The summed E-state index contributed by atoms with van der Waals surface area (Å²) in [4.78, 5) is 10.8. The molecular weight excluding hydrogens is 257 g/mol. The van der Waals surface area contributed by atoms with Crippen molar-refractivity contribution in [1.29, 1.82) is 0 Å². The van der Waals surface area contributed by atoms with E-state index in [0.717, 1.165) is 6.07 Å². The molecule has 4 nitrogen and oxygen atoms in total. The van der Waals surface area contributed by atoms with Crippen LogP contribution in [-0.2, 0) is 6.18 Å². The van der Waals surface area contributed by atoms with Crippen molar-refractivity contribution >= 4 is 28.5 Å². The second-order valence-electron chi connectivity index (χ2n) is 3.40. The fraction of sp³-hybridized carbons (Fsp3) is 0.222. The van der Waals surface area contributed by atoms with Gasteiger partial charge in [-0.3, -0.25) is 0 Å². The van der Waals surface area contributed by atoms with Crippen molar-refractivity contribution in [2.45, 2.75) is 13.1 Å². The summed E-state index contributed by atoms with van der Waals surface area (Å²) < 4.78 is 37.6. The minimum Gasteiger partial charge on any atom is -0.382 e. The maximum absolute atomic E-state index is 12.5. The van der Waals surface area contributed by atoms with Crippen LogP contribution in [0, 0.1) is 6.92 Å². The fourth-order valence-corrected chi connectivity index (χ4v) is 1.58. The molecule has 0 amide bonds. The summed E-state index contributed by atoms with van der Waals surface area (Å²) in [6.07, 6.45) is -4.54. The van der Waals surface area contributed by atoms with Crippen molar-refractivity contribution in [2.24, 2.45) is 0 Å². The molecule has 0 aliphatic carbocycles. The van der Waals surface area contributed by atoms with Gasteiger partial charge < -0.3 is 5.73 Å². The number of alkyl halides is 3. The lowest BCUT2D eigenvalue weighted by molar-refractivity contribution is -0.141. The first-order chi connectivity index (χ1) is 7.79. The Kier molecular flexibility index (Phi) is 2.57. The number of hydrogen-bond donors (Lipinski definition) is 1. The van der Waals surface area contributed by atoms with Crippen LogP contribution in [0.5, 0.6) is 0 Å². The van der Waals surface area contributed by atoms with E-state index in [0.29, 0.717) is 5.56 Å². The number of halogens is 4. The first-order valence-corrected chi connectivity index (χ1v) is 4.84. The molecule has 2 N–H and O–H groups in total. The van der Waals surface area contributed by atoms with Gasteiger partial charge in [-0.15, -0.1) is 0 Å². The van der Waals surface area contributed by atoms with E-state index in [9.17, 15) is 13.2 Å². The zero-order valence-electron chi connectivity index (χ0n) is 8.51. The molecule has 2 rings (SSSR count). The second kappa shape index (κ2) is 3.69. The lowest BCUT2D eigenvalue weighted by Gasteiger charge is -2.09. The molecular formula is C9H6ClF3N4.